The van der Waals surface area contributed by atoms with Gasteiger partial charge in [0, 0.05) is 11.7 Å². The highest BCUT2D eigenvalue weighted by Gasteiger charge is 2.10. The quantitative estimate of drug-likeness (QED) is 0.813. The van der Waals surface area contributed by atoms with Gasteiger partial charge in [0.1, 0.15) is 11.9 Å². The van der Waals surface area contributed by atoms with Crippen molar-refractivity contribution in [3.8, 4) is 6.07 Å². The van der Waals surface area contributed by atoms with Crippen LogP contribution in [0.5, 0.6) is 0 Å². The molecule has 0 bridgehead atoms. The van der Waals surface area contributed by atoms with Crippen LogP contribution in [0.15, 0.2) is 18.2 Å². The third-order valence-corrected chi connectivity index (χ3v) is 2.20. The molecule has 1 unspecified atom stereocenters. The van der Waals surface area contributed by atoms with Crippen LogP contribution >= 0.6 is 0 Å². The maximum atomic E-state index is 13.0. The van der Waals surface area contributed by atoms with E-state index < -0.39 is 5.82 Å². The fourth-order valence-electron chi connectivity index (χ4n) is 1.37. The van der Waals surface area contributed by atoms with Gasteiger partial charge < -0.3 is 10.1 Å². The molecule has 1 atom stereocenters. The monoisotopic (exact) mass is 236 g/mol. The predicted molar refractivity (Wildman–Crippen MR) is 60.8 cm³/mol. The zero-order chi connectivity index (χ0) is 12.8. The molecule has 0 fully saturated rings. The Morgan fingerprint density at radius 3 is 2.94 bits per heavy atom. The molecule has 1 rings (SSSR count). The van der Waals surface area contributed by atoms with Gasteiger partial charge in [0.2, 0.25) is 0 Å². The lowest BCUT2D eigenvalue weighted by molar-refractivity contribution is -0.140. The highest BCUT2D eigenvalue weighted by molar-refractivity contribution is 5.70. The SMILES string of the molecule is COC(=O)CC(C)Nc1ccc(F)c(C#N)c1. The van der Waals surface area contributed by atoms with E-state index in [0.717, 1.165) is 0 Å². The lowest BCUT2D eigenvalue weighted by atomic mass is 10.1. The minimum absolute atomic E-state index is 0.0275. The Balaban J connectivity index is 2.69. The summed E-state index contributed by atoms with van der Waals surface area (Å²) in [5.41, 5.74) is 0.569. The van der Waals surface area contributed by atoms with Gasteiger partial charge in [-0.1, -0.05) is 0 Å². The number of nitrogens with zero attached hydrogens (tertiary/aromatic N) is 1. The summed E-state index contributed by atoms with van der Waals surface area (Å²) < 4.78 is 17.6. The number of hydrogen-bond donors (Lipinski definition) is 1. The minimum atomic E-state index is -0.557. The standard InChI is InChI=1S/C12H13FN2O2/c1-8(5-12(16)17-2)15-10-3-4-11(13)9(6-10)7-14/h3-4,6,8,15H,5H2,1-2H3. The van der Waals surface area contributed by atoms with E-state index >= 15 is 0 Å². The Morgan fingerprint density at radius 2 is 2.35 bits per heavy atom. The molecule has 17 heavy (non-hydrogen) atoms. The number of halogens is 1. The van der Waals surface area contributed by atoms with E-state index in [0.29, 0.717) is 5.69 Å². The average molecular weight is 236 g/mol. The van der Waals surface area contributed by atoms with Gasteiger partial charge in [0.25, 0.3) is 0 Å². The largest absolute Gasteiger partial charge is 0.469 e. The summed E-state index contributed by atoms with van der Waals surface area (Å²) >= 11 is 0. The van der Waals surface area contributed by atoms with Crippen LogP contribution in [0.2, 0.25) is 0 Å². The number of esters is 1. The summed E-state index contributed by atoms with van der Waals surface area (Å²) in [5.74, 6) is -0.883. The second-order valence-corrected chi connectivity index (χ2v) is 3.63. The molecule has 0 radical (unpaired) electrons. The second kappa shape index (κ2) is 5.85. The first-order valence-electron chi connectivity index (χ1n) is 5.09. The number of carbonyl (C=O) groups is 1. The van der Waals surface area contributed by atoms with Crippen LogP contribution < -0.4 is 5.32 Å². The van der Waals surface area contributed by atoms with Crippen LogP contribution in [0.25, 0.3) is 0 Å². The van der Waals surface area contributed by atoms with Gasteiger partial charge in [-0.15, -0.1) is 0 Å². The third kappa shape index (κ3) is 3.76. The number of hydrogen-bond acceptors (Lipinski definition) is 4. The van der Waals surface area contributed by atoms with Gasteiger partial charge in [-0.3, -0.25) is 4.79 Å². The summed E-state index contributed by atoms with van der Waals surface area (Å²) in [7, 11) is 1.32. The van der Waals surface area contributed by atoms with Crippen LogP contribution in [-0.4, -0.2) is 19.1 Å². The van der Waals surface area contributed by atoms with Crippen LogP contribution in [0.4, 0.5) is 10.1 Å². The predicted octanol–water partition coefficient (Wildman–Crippen LogP) is 2.06. The van der Waals surface area contributed by atoms with E-state index in [9.17, 15) is 9.18 Å². The van der Waals surface area contributed by atoms with E-state index in [1.165, 1.54) is 25.3 Å². The molecule has 4 nitrogen and oxygen atoms in total. The molecule has 90 valence electrons. The molecule has 0 heterocycles. The van der Waals surface area contributed by atoms with Crippen LogP contribution in [0.3, 0.4) is 0 Å². The average Bonchev–Trinajstić information content (AvgIpc) is 2.31. The lowest BCUT2D eigenvalue weighted by Gasteiger charge is -2.14. The summed E-state index contributed by atoms with van der Waals surface area (Å²) in [4.78, 5) is 11.0. The van der Waals surface area contributed by atoms with E-state index in [1.807, 2.05) is 0 Å². The van der Waals surface area contributed by atoms with Crippen LogP contribution in [-0.2, 0) is 9.53 Å². The fourth-order valence-corrected chi connectivity index (χ4v) is 1.37. The number of anilines is 1. The molecule has 0 aromatic heterocycles. The number of ether oxygens (including phenoxy) is 1. The van der Waals surface area contributed by atoms with E-state index in [4.69, 9.17) is 5.26 Å². The van der Waals surface area contributed by atoms with Crippen molar-refractivity contribution in [2.45, 2.75) is 19.4 Å². The van der Waals surface area contributed by atoms with Crippen LogP contribution in [0, 0.1) is 17.1 Å². The van der Waals surface area contributed by atoms with Crippen molar-refractivity contribution in [3.05, 3.63) is 29.6 Å². The summed E-state index contributed by atoms with van der Waals surface area (Å²) in [5, 5.41) is 11.7. The van der Waals surface area contributed by atoms with Crippen molar-refractivity contribution >= 4 is 11.7 Å². The molecule has 1 N–H and O–H groups in total. The molecule has 0 saturated heterocycles. The number of carbonyl (C=O) groups excluding carboxylic acids is 1. The molecule has 0 aliphatic rings. The first-order valence-corrected chi connectivity index (χ1v) is 5.09. The number of rotatable bonds is 4. The summed E-state index contributed by atoms with van der Waals surface area (Å²) in [6, 6.07) is 5.74. The Hall–Kier alpha value is -2.09. The maximum absolute atomic E-state index is 13.0. The molecule has 0 aliphatic carbocycles. The maximum Gasteiger partial charge on any atom is 0.307 e. The van der Waals surface area contributed by atoms with E-state index in [-0.39, 0.29) is 24.0 Å². The van der Waals surface area contributed by atoms with Gasteiger partial charge in [0.05, 0.1) is 19.1 Å². The molecular weight excluding hydrogens is 223 g/mol. The summed E-state index contributed by atoms with van der Waals surface area (Å²) in [6.07, 6.45) is 0.204. The topological polar surface area (TPSA) is 62.1 Å². The fraction of sp³-hybridized carbons (Fsp3) is 0.333. The molecule has 0 amide bonds. The van der Waals surface area contributed by atoms with Gasteiger partial charge in [-0.2, -0.15) is 5.26 Å². The van der Waals surface area contributed by atoms with Gasteiger partial charge in [-0.05, 0) is 25.1 Å². The van der Waals surface area contributed by atoms with Gasteiger partial charge in [-0.25, -0.2) is 4.39 Å². The molecular formula is C12H13FN2O2. The Bertz CT molecular complexity index is 454. The van der Waals surface area contributed by atoms with Crippen molar-refractivity contribution in [2.24, 2.45) is 0 Å². The van der Waals surface area contributed by atoms with Gasteiger partial charge in [0.15, 0.2) is 0 Å². The number of benzene rings is 1. The third-order valence-electron chi connectivity index (χ3n) is 2.20. The van der Waals surface area contributed by atoms with Crippen molar-refractivity contribution in [3.63, 3.8) is 0 Å². The molecule has 0 saturated carbocycles. The molecule has 0 spiro atoms. The first kappa shape index (κ1) is 13.0. The van der Waals surface area contributed by atoms with E-state index in [1.54, 1.807) is 13.0 Å². The molecule has 1 aromatic carbocycles. The van der Waals surface area contributed by atoms with Crippen molar-refractivity contribution in [2.75, 3.05) is 12.4 Å². The smallest absolute Gasteiger partial charge is 0.307 e. The van der Waals surface area contributed by atoms with Crippen molar-refractivity contribution in [1.82, 2.24) is 0 Å². The molecule has 1 aromatic rings. The van der Waals surface area contributed by atoms with E-state index in [2.05, 4.69) is 10.1 Å². The number of methoxy groups -OCH3 is 1. The second-order valence-electron chi connectivity index (χ2n) is 3.63. The molecule has 5 heteroatoms. The zero-order valence-corrected chi connectivity index (χ0v) is 9.66. The van der Waals surface area contributed by atoms with Gasteiger partial charge >= 0.3 is 5.97 Å². The number of nitrogens with one attached hydrogen (secondary N) is 1. The Morgan fingerprint density at radius 1 is 1.65 bits per heavy atom. The lowest BCUT2D eigenvalue weighted by Crippen LogP contribution is -2.20. The summed E-state index contributed by atoms with van der Waals surface area (Å²) in [6.45, 7) is 1.80. The highest BCUT2D eigenvalue weighted by Crippen LogP contribution is 2.15. The minimum Gasteiger partial charge on any atom is -0.469 e. The first-order chi connectivity index (χ1) is 8.06. The Labute approximate surface area is 99.0 Å². The van der Waals surface area contributed by atoms with Crippen molar-refractivity contribution in [1.29, 1.82) is 5.26 Å². The normalized spacial score (nSPS) is 11.4. The Kier molecular flexibility index (Phi) is 4.46. The number of nitriles is 1. The molecule has 0 aliphatic heterocycles. The van der Waals surface area contributed by atoms with Crippen LogP contribution in [0.1, 0.15) is 18.9 Å². The van der Waals surface area contributed by atoms with Crippen molar-refractivity contribution < 1.29 is 13.9 Å². The highest BCUT2D eigenvalue weighted by atomic mass is 19.1. The zero-order valence-electron chi connectivity index (χ0n) is 9.66.